The van der Waals surface area contributed by atoms with Crippen molar-refractivity contribution in [3.63, 3.8) is 0 Å². The maximum Gasteiger partial charge on any atom is 0.221 e. The molecule has 0 saturated carbocycles. The zero-order chi connectivity index (χ0) is 18.4. The highest BCUT2D eigenvalue weighted by Gasteiger charge is 2.12. The van der Waals surface area contributed by atoms with Gasteiger partial charge in [0.05, 0.1) is 0 Å². The lowest BCUT2D eigenvalue weighted by Crippen LogP contribution is -2.23. The van der Waals surface area contributed by atoms with Crippen LogP contribution in [0.5, 0.6) is 0 Å². The number of halogens is 1. The number of amides is 1. The van der Waals surface area contributed by atoms with Crippen LogP contribution in [0.25, 0.3) is 5.69 Å². The molecular formula is C19H19FN4OS. The van der Waals surface area contributed by atoms with E-state index in [0.717, 1.165) is 22.2 Å². The first-order valence-electron chi connectivity index (χ1n) is 8.25. The first kappa shape index (κ1) is 18.1. The second-order valence-electron chi connectivity index (χ2n) is 5.70. The lowest BCUT2D eigenvalue weighted by Gasteiger charge is -2.08. The smallest absolute Gasteiger partial charge is 0.221 e. The molecule has 1 heterocycles. The first-order chi connectivity index (χ1) is 12.6. The van der Waals surface area contributed by atoms with Crippen molar-refractivity contribution in [2.45, 2.75) is 25.0 Å². The Bertz CT molecular complexity index is 865. The highest BCUT2D eigenvalue weighted by Crippen LogP contribution is 2.22. The number of benzene rings is 2. The van der Waals surface area contributed by atoms with Gasteiger partial charge < -0.3 is 5.32 Å². The molecule has 0 fully saturated rings. The molecule has 0 aliphatic heterocycles. The fourth-order valence-electron chi connectivity index (χ4n) is 2.44. The van der Waals surface area contributed by atoms with Crippen molar-refractivity contribution in [2.75, 3.05) is 5.75 Å². The minimum atomic E-state index is -0.283. The van der Waals surface area contributed by atoms with Gasteiger partial charge in [0.25, 0.3) is 0 Å². The molecule has 7 heteroatoms. The minimum Gasteiger partial charge on any atom is -0.352 e. The summed E-state index contributed by atoms with van der Waals surface area (Å²) in [6, 6.07) is 16.0. The topological polar surface area (TPSA) is 59.8 Å². The third-order valence-corrected chi connectivity index (χ3v) is 4.70. The summed E-state index contributed by atoms with van der Waals surface area (Å²) in [7, 11) is 0. The number of aromatic nitrogens is 3. The van der Waals surface area contributed by atoms with Gasteiger partial charge in [0, 0.05) is 24.4 Å². The summed E-state index contributed by atoms with van der Waals surface area (Å²) in [5.74, 6) is 1.07. The highest BCUT2D eigenvalue weighted by molar-refractivity contribution is 7.99. The van der Waals surface area contributed by atoms with Gasteiger partial charge in [-0.3, -0.25) is 9.36 Å². The molecule has 1 aromatic heterocycles. The number of hydrogen-bond acceptors (Lipinski definition) is 4. The Labute approximate surface area is 155 Å². The molecule has 0 aliphatic rings. The van der Waals surface area contributed by atoms with Gasteiger partial charge >= 0.3 is 0 Å². The van der Waals surface area contributed by atoms with Gasteiger partial charge in [-0.15, -0.1) is 10.2 Å². The fourth-order valence-corrected chi connectivity index (χ4v) is 3.37. The summed E-state index contributed by atoms with van der Waals surface area (Å²) in [5.41, 5.74) is 1.87. The van der Waals surface area contributed by atoms with E-state index < -0.39 is 0 Å². The third-order valence-electron chi connectivity index (χ3n) is 3.77. The van der Waals surface area contributed by atoms with E-state index in [1.807, 2.05) is 41.8 Å². The first-order valence-corrected chi connectivity index (χ1v) is 9.23. The van der Waals surface area contributed by atoms with Crippen LogP contribution < -0.4 is 5.32 Å². The SMILES string of the molecule is Cc1nnc(SCCC(=O)NCc2ccc(F)cc2)n1-c1ccccc1. The number of thioether (sulfide) groups is 1. The summed E-state index contributed by atoms with van der Waals surface area (Å²) < 4.78 is 14.8. The van der Waals surface area contributed by atoms with E-state index in [-0.39, 0.29) is 11.7 Å². The molecule has 0 saturated heterocycles. The van der Waals surface area contributed by atoms with Gasteiger partial charge in [0.1, 0.15) is 11.6 Å². The van der Waals surface area contributed by atoms with Gasteiger partial charge in [0.2, 0.25) is 5.91 Å². The maximum absolute atomic E-state index is 12.9. The van der Waals surface area contributed by atoms with E-state index in [9.17, 15) is 9.18 Å². The molecule has 5 nitrogen and oxygen atoms in total. The van der Waals surface area contributed by atoms with Crippen LogP contribution in [-0.2, 0) is 11.3 Å². The normalized spacial score (nSPS) is 10.7. The average Bonchev–Trinajstić information content (AvgIpc) is 3.02. The van der Waals surface area contributed by atoms with Crippen molar-refractivity contribution >= 4 is 17.7 Å². The molecule has 2 aromatic carbocycles. The van der Waals surface area contributed by atoms with Crippen LogP contribution in [0.3, 0.4) is 0 Å². The number of rotatable bonds is 7. The molecule has 0 radical (unpaired) electrons. The molecule has 1 amide bonds. The Hall–Kier alpha value is -2.67. The Kier molecular flexibility index (Phi) is 6.01. The number of hydrogen-bond donors (Lipinski definition) is 1. The van der Waals surface area contributed by atoms with Gasteiger partial charge in [-0.25, -0.2) is 4.39 Å². The molecule has 26 heavy (non-hydrogen) atoms. The largest absolute Gasteiger partial charge is 0.352 e. The van der Waals surface area contributed by atoms with Gasteiger partial charge in [-0.2, -0.15) is 0 Å². The van der Waals surface area contributed by atoms with Gasteiger partial charge in [-0.05, 0) is 36.8 Å². The molecule has 0 bridgehead atoms. The maximum atomic E-state index is 12.9. The predicted molar refractivity (Wildman–Crippen MR) is 99.7 cm³/mol. The Morgan fingerprint density at radius 1 is 1.12 bits per heavy atom. The van der Waals surface area contributed by atoms with Crippen molar-refractivity contribution in [1.82, 2.24) is 20.1 Å². The number of carbonyl (C=O) groups is 1. The van der Waals surface area contributed by atoms with E-state index in [1.165, 1.54) is 23.9 Å². The molecule has 3 aromatic rings. The fraction of sp³-hybridized carbons (Fsp3) is 0.211. The summed E-state index contributed by atoms with van der Waals surface area (Å²) in [6.07, 6.45) is 0.368. The van der Waals surface area contributed by atoms with Crippen LogP contribution in [0.4, 0.5) is 4.39 Å². The van der Waals surface area contributed by atoms with Gasteiger partial charge in [-0.1, -0.05) is 42.1 Å². The Balaban J connectivity index is 1.51. The van der Waals surface area contributed by atoms with E-state index in [1.54, 1.807) is 12.1 Å². The summed E-state index contributed by atoms with van der Waals surface area (Å²) in [5, 5.41) is 11.9. The molecule has 0 aliphatic carbocycles. The quantitative estimate of drug-likeness (QED) is 0.647. The van der Waals surface area contributed by atoms with Crippen LogP contribution in [0.2, 0.25) is 0 Å². The van der Waals surface area contributed by atoms with Crippen LogP contribution in [0.15, 0.2) is 59.8 Å². The number of carbonyl (C=O) groups excluding carboxylic acids is 1. The molecule has 134 valence electrons. The zero-order valence-corrected chi connectivity index (χ0v) is 15.2. The lowest BCUT2D eigenvalue weighted by atomic mass is 10.2. The second kappa shape index (κ2) is 8.62. The minimum absolute atomic E-state index is 0.0516. The van der Waals surface area contributed by atoms with Crippen molar-refractivity contribution in [3.8, 4) is 5.69 Å². The highest BCUT2D eigenvalue weighted by atomic mass is 32.2. The molecule has 0 spiro atoms. The Morgan fingerprint density at radius 3 is 2.58 bits per heavy atom. The second-order valence-corrected chi connectivity index (χ2v) is 6.76. The monoisotopic (exact) mass is 370 g/mol. The van der Waals surface area contributed by atoms with Crippen LogP contribution in [-0.4, -0.2) is 26.4 Å². The lowest BCUT2D eigenvalue weighted by molar-refractivity contribution is -0.120. The predicted octanol–water partition coefficient (Wildman–Crippen LogP) is 3.51. The molecular weight excluding hydrogens is 351 g/mol. The van der Waals surface area contributed by atoms with E-state index in [4.69, 9.17) is 0 Å². The number of para-hydroxylation sites is 1. The third kappa shape index (κ3) is 4.70. The summed E-state index contributed by atoms with van der Waals surface area (Å²) >= 11 is 1.49. The molecule has 0 unspecified atom stereocenters. The van der Waals surface area contributed by atoms with Crippen LogP contribution in [0.1, 0.15) is 17.8 Å². The number of nitrogens with one attached hydrogen (secondary N) is 1. The van der Waals surface area contributed by atoms with Crippen molar-refractivity contribution in [1.29, 1.82) is 0 Å². The van der Waals surface area contributed by atoms with E-state index in [2.05, 4.69) is 15.5 Å². The van der Waals surface area contributed by atoms with Crippen LogP contribution in [0, 0.1) is 12.7 Å². The summed E-state index contributed by atoms with van der Waals surface area (Å²) in [6.45, 7) is 2.29. The zero-order valence-electron chi connectivity index (χ0n) is 14.4. The van der Waals surface area contributed by atoms with Crippen molar-refractivity contribution in [3.05, 3.63) is 71.8 Å². The summed E-state index contributed by atoms with van der Waals surface area (Å²) in [4.78, 5) is 12.0. The van der Waals surface area contributed by atoms with Crippen molar-refractivity contribution in [2.24, 2.45) is 0 Å². The standard InChI is InChI=1S/C19H19FN4OS/c1-14-22-23-19(24(14)17-5-3-2-4-6-17)26-12-11-18(25)21-13-15-7-9-16(20)10-8-15/h2-10H,11-13H2,1H3,(H,21,25). The van der Waals surface area contributed by atoms with Crippen LogP contribution >= 0.6 is 11.8 Å². The molecule has 1 N–H and O–H groups in total. The molecule has 0 atom stereocenters. The van der Waals surface area contributed by atoms with Gasteiger partial charge in [0.15, 0.2) is 5.16 Å². The van der Waals surface area contributed by atoms with E-state index >= 15 is 0 Å². The molecule has 3 rings (SSSR count). The van der Waals surface area contributed by atoms with Crippen molar-refractivity contribution < 1.29 is 9.18 Å². The number of aryl methyl sites for hydroxylation is 1. The number of nitrogens with zero attached hydrogens (tertiary/aromatic N) is 3. The Morgan fingerprint density at radius 2 is 1.85 bits per heavy atom. The average molecular weight is 370 g/mol. The van der Waals surface area contributed by atoms with E-state index in [0.29, 0.717) is 18.7 Å².